The molecule has 3 nitrogen and oxygen atoms in total. The van der Waals surface area contributed by atoms with Gasteiger partial charge >= 0.3 is 0 Å². The molecule has 1 saturated heterocycles. The highest BCUT2D eigenvalue weighted by molar-refractivity contribution is 5.64. The maximum Gasteiger partial charge on any atom is 0.138 e. The van der Waals surface area contributed by atoms with Crippen LogP contribution < -0.4 is 4.74 Å². The zero-order chi connectivity index (χ0) is 16.9. The minimum Gasteiger partial charge on any atom is -0.489 e. The van der Waals surface area contributed by atoms with Gasteiger partial charge in [0.05, 0.1) is 12.3 Å². The van der Waals surface area contributed by atoms with E-state index in [2.05, 4.69) is 41.1 Å². The molecule has 25 heavy (non-hydrogen) atoms. The van der Waals surface area contributed by atoms with Crippen molar-refractivity contribution in [3.63, 3.8) is 0 Å². The lowest BCUT2D eigenvalue weighted by molar-refractivity contribution is -0.0111. The van der Waals surface area contributed by atoms with Crippen molar-refractivity contribution in [2.75, 3.05) is 13.2 Å². The Hall–Kier alpha value is -2.31. The standard InChI is InChI=1S/C22H23NO2/c1-2-12-24-21(3-1)16-25-22-13-20(14-23-15-22)19-10-8-18(9-11-19)7-6-17-4-5-17/h8-11,13-15,17,21H,1-5,12,16H2. The van der Waals surface area contributed by atoms with Crippen LogP contribution in [0, 0.1) is 17.8 Å². The Morgan fingerprint density at radius 3 is 2.68 bits per heavy atom. The van der Waals surface area contributed by atoms with Crippen molar-refractivity contribution in [1.82, 2.24) is 4.98 Å². The van der Waals surface area contributed by atoms with Crippen LogP contribution >= 0.6 is 0 Å². The molecular formula is C22H23NO2. The third kappa shape index (κ3) is 4.61. The second-order valence-electron chi connectivity index (χ2n) is 6.83. The van der Waals surface area contributed by atoms with Crippen molar-refractivity contribution in [2.24, 2.45) is 5.92 Å². The van der Waals surface area contributed by atoms with E-state index in [0.717, 1.165) is 41.9 Å². The number of ether oxygens (including phenoxy) is 2. The van der Waals surface area contributed by atoms with Gasteiger partial charge in [-0.1, -0.05) is 24.0 Å². The monoisotopic (exact) mass is 333 g/mol. The number of aromatic nitrogens is 1. The van der Waals surface area contributed by atoms with Crippen LogP contribution in [0.1, 0.15) is 37.7 Å². The fraction of sp³-hybridized carbons (Fsp3) is 0.409. The topological polar surface area (TPSA) is 31.4 Å². The number of pyridine rings is 1. The van der Waals surface area contributed by atoms with Crippen LogP contribution in [0.25, 0.3) is 11.1 Å². The number of rotatable bonds is 4. The fourth-order valence-corrected chi connectivity index (χ4v) is 2.94. The molecule has 3 heteroatoms. The highest BCUT2D eigenvalue weighted by Gasteiger charge is 2.17. The highest BCUT2D eigenvalue weighted by Crippen LogP contribution is 2.28. The number of benzene rings is 1. The van der Waals surface area contributed by atoms with Crippen LogP contribution in [0.3, 0.4) is 0 Å². The van der Waals surface area contributed by atoms with Gasteiger partial charge in [0.15, 0.2) is 0 Å². The lowest BCUT2D eigenvalue weighted by Gasteiger charge is -2.22. The zero-order valence-electron chi connectivity index (χ0n) is 14.4. The van der Waals surface area contributed by atoms with Crippen molar-refractivity contribution in [2.45, 2.75) is 38.2 Å². The van der Waals surface area contributed by atoms with E-state index in [1.165, 1.54) is 19.3 Å². The van der Waals surface area contributed by atoms with E-state index < -0.39 is 0 Å². The first-order chi connectivity index (χ1) is 12.4. The number of nitrogens with zero attached hydrogens (tertiary/aromatic N) is 1. The summed E-state index contributed by atoms with van der Waals surface area (Å²) in [6, 6.07) is 10.4. The zero-order valence-corrected chi connectivity index (χ0v) is 14.4. The molecule has 0 amide bonds. The Morgan fingerprint density at radius 1 is 1.04 bits per heavy atom. The number of hydrogen-bond donors (Lipinski definition) is 0. The van der Waals surface area contributed by atoms with Crippen molar-refractivity contribution in [3.8, 4) is 28.7 Å². The fourth-order valence-electron chi connectivity index (χ4n) is 2.94. The molecule has 2 fully saturated rings. The van der Waals surface area contributed by atoms with E-state index in [4.69, 9.17) is 9.47 Å². The average molecular weight is 333 g/mol. The minimum atomic E-state index is 0.210. The Bertz CT molecular complexity index is 763. The molecule has 1 aromatic heterocycles. The maximum atomic E-state index is 5.89. The van der Waals surface area contributed by atoms with Crippen LogP contribution in [0.5, 0.6) is 5.75 Å². The average Bonchev–Trinajstić information content (AvgIpc) is 3.51. The lowest BCUT2D eigenvalue weighted by Crippen LogP contribution is -2.25. The molecule has 0 radical (unpaired) electrons. The summed E-state index contributed by atoms with van der Waals surface area (Å²) in [5.74, 6) is 7.97. The Morgan fingerprint density at radius 2 is 1.92 bits per heavy atom. The molecule has 2 aromatic rings. The normalized spacial score (nSPS) is 19.8. The largest absolute Gasteiger partial charge is 0.489 e. The van der Waals surface area contributed by atoms with E-state index in [0.29, 0.717) is 12.5 Å². The third-order valence-electron chi connectivity index (χ3n) is 4.64. The SMILES string of the molecule is C(#CC1CC1)c1ccc(-c2cncc(OCC3CCCCO3)c2)cc1. The molecule has 128 valence electrons. The summed E-state index contributed by atoms with van der Waals surface area (Å²) in [6.07, 6.45) is 9.83. The molecule has 1 aliphatic heterocycles. The van der Waals surface area contributed by atoms with Gasteiger partial charge in [0, 0.05) is 29.8 Å². The van der Waals surface area contributed by atoms with Gasteiger partial charge in [0.2, 0.25) is 0 Å². The molecule has 1 aromatic carbocycles. The first-order valence-corrected chi connectivity index (χ1v) is 9.18. The molecule has 1 aliphatic carbocycles. The Kier molecular flexibility index (Phi) is 4.99. The van der Waals surface area contributed by atoms with Crippen molar-refractivity contribution in [3.05, 3.63) is 48.3 Å². The molecular weight excluding hydrogens is 310 g/mol. The van der Waals surface area contributed by atoms with Crippen LogP contribution in [-0.2, 0) is 4.74 Å². The van der Waals surface area contributed by atoms with Crippen LogP contribution in [0.4, 0.5) is 0 Å². The predicted octanol–water partition coefficient (Wildman–Crippen LogP) is 4.46. The molecule has 4 rings (SSSR count). The molecule has 0 bridgehead atoms. The Labute approximate surface area is 149 Å². The van der Waals surface area contributed by atoms with Gasteiger partial charge in [-0.3, -0.25) is 4.98 Å². The van der Waals surface area contributed by atoms with Gasteiger partial charge < -0.3 is 9.47 Å². The summed E-state index contributed by atoms with van der Waals surface area (Å²) in [5.41, 5.74) is 3.26. The van der Waals surface area contributed by atoms with Crippen LogP contribution in [0.2, 0.25) is 0 Å². The third-order valence-corrected chi connectivity index (χ3v) is 4.64. The molecule has 1 saturated carbocycles. The van der Waals surface area contributed by atoms with E-state index in [1.807, 2.05) is 12.3 Å². The smallest absolute Gasteiger partial charge is 0.138 e. The summed E-state index contributed by atoms with van der Waals surface area (Å²) >= 11 is 0. The van der Waals surface area contributed by atoms with Gasteiger partial charge in [0.25, 0.3) is 0 Å². The molecule has 1 atom stereocenters. The van der Waals surface area contributed by atoms with Crippen molar-refractivity contribution < 1.29 is 9.47 Å². The van der Waals surface area contributed by atoms with Gasteiger partial charge in [-0.2, -0.15) is 0 Å². The predicted molar refractivity (Wildman–Crippen MR) is 98.4 cm³/mol. The van der Waals surface area contributed by atoms with E-state index in [-0.39, 0.29) is 6.10 Å². The summed E-state index contributed by atoms with van der Waals surface area (Å²) in [4.78, 5) is 4.32. The van der Waals surface area contributed by atoms with Gasteiger partial charge in [-0.15, -0.1) is 0 Å². The van der Waals surface area contributed by atoms with Gasteiger partial charge in [-0.25, -0.2) is 0 Å². The molecule has 2 heterocycles. The van der Waals surface area contributed by atoms with E-state index in [1.54, 1.807) is 6.20 Å². The second kappa shape index (κ2) is 7.72. The van der Waals surface area contributed by atoms with Crippen LogP contribution in [-0.4, -0.2) is 24.3 Å². The first-order valence-electron chi connectivity index (χ1n) is 9.18. The van der Waals surface area contributed by atoms with Crippen LogP contribution in [0.15, 0.2) is 42.7 Å². The Balaban J connectivity index is 1.40. The van der Waals surface area contributed by atoms with E-state index in [9.17, 15) is 0 Å². The molecule has 0 N–H and O–H groups in total. The molecule has 2 aliphatic rings. The lowest BCUT2D eigenvalue weighted by atomic mass is 10.1. The summed E-state index contributed by atoms with van der Waals surface area (Å²) < 4.78 is 11.6. The number of hydrogen-bond acceptors (Lipinski definition) is 3. The first kappa shape index (κ1) is 16.2. The molecule has 0 spiro atoms. The summed E-state index contributed by atoms with van der Waals surface area (Å²) in [5, 5.41) is 0. The van der Waals surface area contributed by atoms with E-state index >= 15 is 0 Å². The molecule has 1 unspecified atom stereocenters. The summed E-state index contributed by atoms with van der Waals surface area (Å²) in [6.45, 7) is 1.45. The van der Waals surface area contributed by atoms with Gasteiger partial charge in [0.1, 0.15) is 12.4 Å². The highest BCUT2D eigenvalue weighted by atomic mass is 16.5. The maximum absolute atomic E-state index is 5.89. The summed E-state index contributed by atoms with van der Waals surface area (Å²) in [7, 11) is 0. The minimum absolute atomic E-state index is 0.210. The van der Waals surface area contributed by atoms with Crippen molar-refractivity contribution in [1.29, 1.82) is 0 Å². The quantitative estimate of drug-likeness (QED) is 0.774. The van der Waals surface area contributed by atoms with Crippen molar-refractivity contribution >= 4 is 0 Å². The van der Waals surface area contributed by atoms with Gasteiger partial charge in [-0.05, 0) is 55.9 Å². The second-order valence-corrected chi connectivity index (χ2v) is 6.83.